The van der Waals surface area contributed by atoms with E-state index in [4.69, 9.17) is 19.7 Å². The number of halogens is 2. The Morgan fingerprint density at radius 1 is 1.18 bits per heavy atom. The van der Waals surface area contributed by atoms with Gasteiger partial charge < -0.3 is 19.1 Å². The molecule has 1 aromatic heterocycles. The zero-order chi connectivity index (χ0) is 27.8. The Morgan fingerprint density at radius 3 is 2.75 bits per heavy atom. The number of fused-ring (bicyclic) bond motifs is 2. The molecule has 0 saturated carbocycles. The van der Waals surface area contributed by atoms with Gasteiger partial charge in [0.2, 0.25) is 0 Å². The van der Waals surface area contributed by atoms with Crippen molar-refractivity contribution in [2.75, 3.05) is 13.2 Å². The third-order valence-electron chi connectivity index (χ3n) is 7.53. The predicted molar refractivity (Wildman–Crippen MR) is 141 cm³/mol. The summed E-state index contributed by atoms with van der Waals surface area (Å²) in [6, 6.07) is 14.1. The number of nitriles is 1. The van der Waals surface area contributed by atoms with Crippen LogP contribution in [0, 0.1) is 23.0 Å². The van der Waals surface area contributed by atoms with Gasteiger partial charge in [-0.1, -0.05) is 6.07 Å². The van der Waals surface area contributed by atoms with Crippen LogP contribution in [0.25, 0.3) is 11.0 Å². The Balaban J connectivity index is 1.22. The normalized spacial score (nSPS) is 16.8. The molecule has 3 aromatic carbocycles. The molecule has 1 fully saturated rings. The molecule has 2 aliphatic rings. The average molecular weight is 545 g/mol. The summed E-state index contributed by atoms with van der Waals surface area (Å²) < 4.78 is 42.7. The summed E-state index contributed by atoms with van der Waals surface area (Å²) in [6.45, 7) is 2.79. The summed E-state index contributed by atoms with van der Waals surface area (Å²) in [5.41, 5.74) is 3.59. The molecule has 1 atom stereocenters. The molecule has 1 unspecified atom stereocenters. The van der Waals surface area contributed by atoms with Gasteiger partial charge in [0.25, 0.3) is 0 Å². The summed E-state index contributed by atoms with van der Waals surface area (Å²) in [5.74, 6) is -0.805. The van der Waals surface area contributed by atoms with Crippen molar-refractivity contribution in [2.24, 2.45) is 0 Å². The Morgan fingerprint density at radius 2 is 2.02 bits per heavy atom. The summed E-state index contributed by atoms with van der Waals surface area (Å²) in [4.78, 5) is 18.6. The van der Waals surface area contributed by atoms with Gasteiger partial charge in [0, 0.05) is 31.3 Å². The number of benzene rings is 3. The minimum atomic E-state index is -0.995. The molecule has 4 aromatic rings. The average Bonchev–Trinajstić information content (AvgIpc) is 3.25. The number of hydrogen-bond acceptors (Lipinski definition) is 6. The van der Waals surface area contributed by atoms with E-state index in [0.717, 1.165) is 29.4 Å². The lowest BCUT2D eigenvalue weighted by Crippen LogP contribution is -2.34. The van der Waals surface area contributed by atoms with E-state index in [1.54, 1.807) is 24.3 Å². The number of nitrogens with zero attached hydrogens (tertiary/aromatic N) is 4. The van der Waals surface area contributed by atoms with Gasteiger partial charge in [-0.15, -0.1) is 0 Å². The first-order valence-electron chi connectivity index (χ1n) is 13.1. The van der Waals surface area contributed by atoms with Crippen molar-refractivity contribution in [3.05, 3.63) is 93.8 Å². The van der Waals surface area contributed by atoms with Gasteiger partial charge in [-0.2, -0.15) is 5.26 Å². The summed E-state index contributed by atoms with van der Waals surface area (Å²) >= 11 is 0. The van der Waals surface area contributed by atoms with Crippen LogP contribution >= 0.6 is 0 Å². The lowest BCUT2D eigenvalue weighted by Gasteiger charge is -2.31. The van der Waals surface area contributed by atoms with Crippen molar-refractivity contribution < 1.29 is 28.2 Å². The van der Waals surface area contributed by atoms with Gasteiger partial charge in [0.05, 0.1) is 47.4 Å². The van der Waals surface area contributed by atoms with E-state index in [1.165, 1.54) is 18.2 Å². The van der Waals surface area contributed by atoms with E-state index in [1.807, 2.05) is 10.6 Å². The van der Waals surface area contributed by atoms with Crippen molar-refractivity contribution in [2.45, 2.75) is 45.2 Å². The fraction of sp³-hybridized carbons (Fsp3) is 0.300. The topological polar surface area (TPSA) is 101 Å². The van der Waals surface area contributed by atoms with Crippen LogP contribution in [0.15, 0.2) is 48.5 Å². The molecule has 0 radical (unpaired) electrons. The van der Waals surface area contributed by atoms with Crippen molar-refractivity contribution in [3.8, 4) is 11.8 Å². The van der Waals surface area contributed by atoms with Gasteiger partial charge in [-0.05, 0) is 60.4 Å². The number of carboxylic acid groups (broad SMARTS) is 1. The van der Waals surface area contributed by atoms with Crippen LogP contribution in [0.3, 0.4) is 0 Å². The lowest BCUT2D eigenvalue weighted by molar-refractivity contribution is -0.0592. The molecule has 2 aliphatic heterocycles. The van der Waals surface area contributed by atoms with E-state index in [9.17, 15) is 18.7 Å². The highest BCUT2D eigenvalue weighted by atomic mass is 19.1. The highest BCUT2D eigenvalue weighted by molar-refractivity contribution is 5.92. The second-order valence-electron chi connectivity index (χ2n) is 10.1. The van der Waals surface area contributed by atoms with Crippen LogP contribution in [-0.4, -0.2) is 44.8 Å². The quantitative estimate of drug-likeness (QED) is 0.340. The van der Waals surface area contributed by atoms with Gasteiger partial charge in [0.1, 0.15) is 29.8 Å². The molecule has 6 rings (SSSR count). The standard InChI is InChI=1S/C30H26F2N4O4/c31-25-9-18(13-33)1-2-20(25)17-40-23-10-21-14-35(7-5-24(21)26(32)12-23)16-29-34-27-4-3-19(30(37)38)11-28(27)36(29)15-22-6-8-39-22/h1-4,9-12,22H,5-8,14-17H2,(H,37,38). The Hall–Kier alpha value is -4.33. The molecule has 40 heavy (non-hydrogen) atoms. The molecule has 0 amide bonds. The molecular formula is C30H26F2N4O4. The van der Waals surface area contributed by atoms with E-state index in [0.29, 0.717) is 56.0 Å². The second-order valence-corrected chi connectivity index (χ2v) is 10.1. The van der Waals surface area contributed by atoms with E-state index >= 15 is 0 Å². The Kier molecular flexibility index (Phi) is 6.92. The fourth-order valence-electron chi connectivity index (χ4n) is 5.25. The van der Waals surface area contributed by atoms with Gasteiger partial charge >= 0.3 is 5.97 Å². The molecule has 1 saturated heterocycles. The molecule has 0 aliphatic carbocycles. The minimum absolute atomic E-state index is 0.0569. The molecule has 1 N–H and O–H groups in total. The molecule has 8 nitrogen and oxygen atoms in total. The van der Waals surface area contributed by atoms with Gasteiger partial charge in [0.15, 0.2) is 0 Å². The number of carboxylic acids is 1. The second kappa shape index (κ2) is 10.7. The highest BCUT2D eigenvalue weighted by Gasteiger charge is 2.26. The van der Waals surface area contributed by atoms with Crippen molar-refractivity contribution in [1.29, 1.82) is 5.26 Å². The van der Waals surface area contributed by atoms with Crippen LogP contribution in [-0.2, 0) is 37.4 Å². The zero-order valence-corrected chi connectivity index (χ0v) is 21.6. The van der Waals surface area contributed by atoms with E-state index in [2.05, 4.69) is 4.90 Å². The highest BCUT2D eigenvalue weighted by Crippen LogP contribution is 2.30. The van der Waals surface area contributed by atoms with Crippen molar-refractivity contribution in [3.63, 3.8) is 0 Å². The van der Waals surface area contributed by atoms with Crippen LogP contribution in [0.1, 0.15) is 44.9 Å². The summed E-state index contributed by atoms with van der Waals surface area (Å²) in [5, 5.41) is 18.4. The zero-order valence-electron chi connectivity index (χ0n) is 21.6. The number of carbonyl (C=O) groups is 1. The minimum Gasteiger partial charge on any atom is -0.489 e. The maximum absolute atomic E-state index is 15.0. The number of imidazole rings is 1. The first-order valence-corrected chi connectivity index (χ1v) is 13.1. The van der Waals surface area contributed by atoms with Crippen LogP contribution in [0.2, 0.25) is 0 Å². The third-order valence-corrected chi connectivity index (χ3v) is 7.53. The summed E-state index contributed by atoms with van der Waals surface area (Å²) in [7, 11) is 0. The fourth-order valence-corrected chi connectivity index (χ4v) is 5.25. The number of rotatable bonds is 8. The smallest absolute Gasteiger partial charge is 0.335 e. The molecule has 10 heteroatoms. The maximum Gasteiger partial charge on any atom is 0.335 e. The van der Waals surface area contributed by atoms with Crippen LogP contribution in [0.4, 0.5) is 8.78 Å². The van der Waals surface area contributed by atoms with Crippen LogP contribution < -0.4 is 4.74 Å². The van der Waals surface area contributed by atoms with Crippen LogP contribution in [0.5, 0.6) is 5.75 Å². The van der Waals surface area contributed by atoms with E-state index in [-0.39, 0.29) is 35.2 Å². The number of aromatic nitrogens is 2. The predicted octanol–water partition coefficient (Wildman–Crippen LogP) is 4.81. The Labute approximate surface area is 229 Å². The molecular weight excluding hydrogens is 518 g/mol. The lowest BCUT2D eigenvalue weighted by atomic mass is 9.98. The first-order chi connectivity index (χ1) is 19.4. The van der Waals surface area contributed by atoms with Gasteiger partial charge in [-0.3, -0.25) is 4.90 Å². The summed E-state index contributed by atoms with van der Waals surface area (Å²) in [6.07, 6.45) is 1.51. The molecule has 204 valence electrons. The molecule has 0 bridgehead atoms. The monoisotopic (exact) mass is 544 g/mol. The number of aromatic carboxylic acids is 1. The maximum atomic E-state index is 15.0. The third kappa shape index (κ3) is 5.13. The Bertz CT molecular complexity index is 1660. The molecule has 3 heterocycles. The number of ether oxygens (including phenoxy) is 2. The first kappa shape index (κ1) is 25.9. The largest absolute Gasteiger partial charge is 0.489 e. The van der Waals surface area contributed by atoms with Crippen molar-refractivity contribution in [1.82, 2.24) is 14.5 Å². The van der Waals surface area contributed by atoms with Crippen molar-refractivity contribution >= 4 is 17.0 Å². The SMILES string of the molecule is N#Cc1ccc(COc2cc(F)c3c(c2)CN(Cc2nc4ccc(C(=O)O)cc4n2CC2CCO2)CC3)c(F)c1. The molecule has 0 spiro atoms. The number of hydrogen-bond donors (Lipinski definition) is 1. The van der Waals surface area contributed by atoms with Gasteiger partial charge in [-0.25, -0.2) is 18.6 Å². The van der Waals surface area contributed by atoms with E-state index < -0.39 is 11.8 Å².